The standard InChI is InChI=1S/C9H9N3O/c1-13-8-6(5-10)3-2-4-7(8)9(11)12/h2-4H,1H3,(H3,11,12). The van der Waals surface area contributed by atoms with Gasteiger partial charge in [-0.3, -0.25) is 5.41 Å². The SMILES string of the molecule is COc1c(C#N)cccc1C(=N)N. The van der Waals surface area contributed by atoms with Crippen LogP contribution in [0, 0.1) is 16.7 Å². The lowest BCUT2D eigenvalue weighted by Gasteiger charge is -2.07. The summed E-state index contributed by atoms with van der Waals surface area (Å²) >= 11 is 0. The predicted octanol–water partition coefficient (Wildman–Crippen LogP) is 0.851. The van der Waals surface area contributed by atoms with Crippen LogP contribution in [0.25, 0.3) is 0 Å². The van der Waals surface area contributed by atoms with Crippen molar-refractivity contribution < 1.29 is 4.74 Å². The van der Waals surface area contributed by atoms with E-state index in [0.29, 0.717) is 16.9 Å². The third kappa shape index (κ3) is 1.59. The van der Waals surface area contributed by atoms with Gasteiger partial charge in [-0.2, -0.15) is 5.26 Å². The van der Waals surface area contributed by atoms with Crippen molar-refractivity contribution in [2.24, 2.45) is 5.73 Å². The molecule has 1 aromatic rings. The number of amidine groups is 1. The molecule has 0 spiro atoms. The Bertz CT molecular complexity index is 379. The van der Waals surface area contributed by atoms with E-state index in [-0.39, 0.29) is 5.84 Å². The molecule has 0 radical (unpaired) electrons. The molecule has 1 rings (SSSR count). The van der Waals surface area contributed by atoms with Gasteiger partial charge in [0.15, 0.2) is 0 Å². The lowest BCUT2D eigenvalue weighted by molar-refractivity contribution is 0.412. The molecule has 0 aromatic heterocycles. The van der Waals surface area contributed by atoms with Crippen LogP contribution in [0.15, 0.2) is 18.2 Å². The van der Waals surface area contributed by atoms with Gasteiger partial charge in [-0.05, 0) is 12.1 Å². The van der Waals surface area contributed by atoms with Gasteiger partial charge < -0.3 is 10.5 Å². The van der Waals surface area contributed by atoms with E-state index < -0.39 is 0 Å². The third-order valence-corrected chi connectivity index (χ3v) is 1.63. The number of nitrogens with one attached hydrogen (secondary N) is 1. The number of nitrogen functional groups attached to an aromatic ring is 1. The van der Waals surface area contributed by atoms with Crippen LogP contribution in [0.2, 0.25) is 0 Å². The zero-order valence-corrected chi connectivity index (χ0v) is 7.16. The second-order valence-corrected chi connectivity index (χ2v) is 2.41. The number of benzene rings is 1. The molecular formula is C9H9N3O. The first-order valence-electron chi connectivity index (χ1n) is 3.62. The van der Waals surface area contributed by atoms with E-state index >= 15 is 0 Å². The van der Waals surface area contributed by atoms with E-state index in [1.807, 2.05) is 6.07 Å². The van der Waals surface area contributed by atoms with Crippen molar-refractivity contribution in [1.82, 2.24) is 0 Å². The molecule has 66 valence electrons. The number of hydrogen-bond acceptors (Lipinski definition) is 3. The Hall–Kier alpha value is -2.02. The van der Waals surface area contributed by atoms with Crippen LogP contribution in [0.3, 0.4) is 0 Å². The first-order chi connectivity index (χ1) is 6.20. The van der Waals surface area contributed by atoms with Crippen LogP contribution >= 0.6 is 0 Å². The monoisotopic (exact) mass is 175 g/mol. The van der Waals surface area contributed by atoms with Gasteiger partial charge in [0, 0.05) is 0 Å². The maximum atomic E-state index is 8.71. The van der Waals surface area contributed by atoms with Crippen molar-refractivity contribution >= 4 is 5.84 Å². The molecule has 0 aliphatic heterocycles. The van der Waals surface area contributed by atoms with Gasteiger partial charge in [-0.15, -0.1) is 0 Å². The summed E-state index contributed by atoms with van der Waals surface area (Å²) in [4.78, 5) is 0. The number of ether oxygens (including phenoxy) is 1. The smallest absolute Gasteiger partial charge is 0.147 e. The minimum atomic E-state index is -0.103. The zero-order chi connectivity index (χ0) is 9.84. The first-order valence-corrected chi connectivity index (χ1v) is 3.62. The van der Waals surface area contributed by atoms with Gasteiger partial charge in [-0.1, -0.05) is 6.07 Å². The van der Waals surface area contributed by atoms with Crippen LogP contribution in [-0.4, -0.2) is 12.9 Å². The van der Waals surface area contributed by atoms with E-state index in [1.54, 1.807) is 18.2 Å². The molecule has 0 unspecified atom stereocenters. The van der Waals surface area contributed by atoms with Gasteiger partial charge in [-0.25, -0.2) is 0 Å². The lowest BCUT2D eigenvalue weighted by Crippen LogP contribution is -2.13. The van der Waals surface area contributed by atoms with Gasteiger partial charge in [0.25, 0.3) is 0 Å². The molecule has 0 fully saturated rings. The molecule has 3 N–H and O–H groups in total. The van der Waals surface area contributed by atoms with Crippen molar-refractivity contribution in [3.8, 4) is 11.8 Å². The Morgan fingerprint density at radius 1 is 1.62 bits per heavy atom. The highest BCUT2D eigenvalue weighted by Gasteiger charge is 2.09. The van der Waals surface area contributed by atoms with Crippen molar-refractivity contribution in [1.29, 1.82) is 10.7 Å². The summed E-state index contributed by atoms with van der Waals surface area (Å²) < 4.78 is 4.99. The summed E-state index contributed by atoms with van der Waals surface area (Å²) in [5.74, 6) is 0.256. The maximum Gasteiger partial charge on any atom is 0.147 e. The minimum Gasteiger partial charge on any atom is -0.495 e. The summed E-state index contributed by atoms with van der Waals surface area (Å²) in [6.07, 6.45) is 0. The van der Waals surface area contributed by atoms with Crippen LogP contribution in [0.4, 0.5) is 0 Å². The summed E-state index contributed by atoms with van der Waals surface area (Å²) in [6.45, 7) is 0. The molecule has 0 atom stereocenters. The second-order valence-electron chi connectivity index (χ2n) is 2.41. The molecule has 4 heteroatoms. The quantitative estimate of drug-likeness (QED) is 0.516. The second kappa shape index (κ2) is 3.59. The van der Waals surface area contributed by atoms with E-state index in [2.05, 4.69) is 0 Å². The van der Waals surface area contributed by atoms with Crippen LogP contribution in [-0.2, 0) is 0 Å². The predicted molar refractivity (Wildman–Crippen MR) is 48.7 cm³/mol. The van der Waals surface area contributed by atoms with Crippen LogP contribution in [0.5, 0.6) is 5.75 Å². The largest absolute Gasteiger partial charge is 0.495 e. The van der Waals surface area contributed by atoms with E-state index in [0.717, 1.165) is 0 Å². The molecule has 0 bridgehead atoms. The molecule has 0 aliphatic rings. The zero-order valence-electron chi connectivity index (χ0n) is 7.16. The Balaban J connectivity index is 3.38. The maximum absolute atomic E-state index is 8.71. The fourth-order valence-corrected chi connectivity index (χ4v) is 1.06. The molecule has 0 saturated heterocycles. The normalized spacial score (nSPS) is 8.92. The highest BCUT2D eigenvalue weighted by molar-refractivity contribution is 5.98. The average molecular weight is 175 g/mol. The fourth-order valence-electron chi connectivity index (χ4n) is 1.06. The molecule has 4 nitrogen and oxygen atoms in total. The van der Waals surface area contributed by atoms with Crippen molar-refractivity contribution in [2.45, 2.75) is 0 Å². The topological polar surface area (TPSA) is 82.9 Å². The molecule has 13 heavy (non-hydrogen) atoms. The number of hydrogen-bond donors (Lipinski definition) is 2. The van der Waals surface area contributed by atoms with Crippen molar-refractivity contribution in [3.05, 3.63) is 29.3 Å². The Morgan fingerprint density at radius 2 is 2.31 bits per heavy atom. The number of rotatable bonds is 2. The Morgan fingerprint density at radius 3 is 2.77 bits per heavy atom. The molecular weight excluding hydrogens is 166 g/mol. The number of methoxy groups -OCH3 is 1. The van der Waals surface area contributed by atoms with E-state index in [9.17, 15) is 0 Å². The van der Waals surface area contributed by atoms with Crippen molar-refractivity contribution in [2.75, 3.05) is 7.11 Å². The number of para-hydroxylation sites is 1. The average Bonchev–Trinajstić information content (AvgIpc) is 2.16. The summed E-state index contributed by atoms with van der Waals surface area (Å²) in [6, 6.07) is 6.89. The first kappa shape index (κ1) is 9.07. The van der Waals surface area contributed by atoms with E-state index in [4.69, 9.17) is 21.1 Å². The van der Waals surface area contributed by atoms with Gasteiger partial charge in [0.1, 0.15) is 17.7 Å². The highest BCUT2D eigenvalue weighted by atomic mass is 16.5. The summed E-state index contributed by atoms with van der Waals surface area (Å²) in [5.41, 5.74) is 6.14. The summed E-state index contributed by atoms with van der Waals surface area (Å²) in [7, 11) is 1.45. The van der Waals surface area contributed by atoms with Gasteiger partial charge >= 0.3 is 0 Å². The molecule has 0 heterocycles. The van der Waals surface area contributed by atoms with Crippen molar-refractivity contribution in [3.63, 3.8) is 0 Å². The highest BCUT2D eigenvalue weighted by Crippen LogP contribution is 2.22. The Kier molecular flexibility index (Phi) is 2.50. The number of nitrogens with zero attached hydrogens (tertiary/aromatic N) is 1. The molecule has 0 saturated carbocycles. The fraction of sp³-hybridized carbons (Fsp3) is 0.111. The third-order valence-electron chi connectivity index (χ3n) is 1.63. The molecule has 0 aliphatic carbocycles. The van der Waals surface area contributed by atoms with Crippen LogP contribution < -0.4 is 10.5 Å². The van der Waals surface area contributed by atoms with Gasteiger partial charge in [0.05, 0.1) is 18.2 Å². The number of nitrogens with two attached hydrogens (primary N) is 1. The van der Waals surface area contributed by atoms with Crippen LogP contribution in [0.1, 0.15) is 11.1 Å². The lowest BCUT2D eigenvalue weighted by atomic mass is 10.1. The molecule has 0 amide bonds. The summed E-state index contributed by atoms with van der Waals surface area (Å²) in [5, 5.41) is 16.0. The molecule has 1 aromatic carbocycles. The number of nitriles is 1. The minimum absolute atomic E-state index is 0.103. The van der Waals surface area contributed by atoms with Gasteiger partial charge in [0.2, 0.25) is 0 Å². The Labute approximate surface area is 76.1 Å². The van der Waals surface area contributed by atoms with E-state index in [1.165, 1.54) is 7.11 Å².